The molecule has 0 amide bonds. The number of nitrogens with zero attached hydrogens (tertiary/aromatic N) is 1. The summed E-state index contributed by atoms with van der Waals surface area (Å²) in [5.41, 5.74) is 5.82. The molecule has 2 N–H and O–H groups in total. The second kappa shape index (κ2) is 9.73. The molecule has 0 aromatic heterocycles. The van der Waals surface area contributed by atoms with Gasteiger partial charge in [-0.05, 0) is 44.6 Å². The molecule has 0 radical (unpaired) electrons. The molecule has 7 heteroatoms. The summed E-state index contributed by atoms with van der Waals surface area (Å²) in [5, 5.41) is 10.9. The number of nitro groups is 1. The van der Waals surface area contributed by atoms with Crippen molar-refractivity contribution < 1.29 is 14.5 Å². The Labute approximate surface area is 131 Å². The lowest BCUT2D eigenvalue weighted by atomic mass is 9.80. The first-order chi connectivity index (χ1) is 9.43. The van der Waals surface area contributed by atoms with E-state index in [2.05, 4.69) is 6.58 Å². The number of nitrogens with two attached hydrogens (primary N) is 1. The van der Waals surface area contributed by atoms with E-state index in [1.807, 2.05) is 0 Å². The summed E-state index contributed by atoms with van der Waals surface area (Å²) < 4.78 is 4.85. The van der Waals surface area contributed by atoms with Gasteiger partial charge >= 0.3 is 12.2 Å². The minimum Gasteiger partial charge on any atom is -0.395 e. The average molecular weight is 321 g/mol. The van der Waals surface area contributed by atoms with E-state index < -0.39 is 17.1 Å². The molecule has 1 aliphatic carbocycles. The van der Waals surface area contributed by atoms with Gasteiger partial charge in [0, 0.05) is 5.57 Å². The first-order valence-corrected chi connectivity index (χ1v) is 7.14. The number of carbonyl (C=O) groups is 1. The highest BCUT2D eigenvalue weighted by molar-refractivity contribution is 5.87. The molecule has 1 fully saturated rings. The molecule has 1 aliphatic rings. The Morgan fingerprint density at radius 3 is 2.33 bits per heavy atom. The molecule has 1 atom stereocenters. The SMILES string of the molecule is C=C(C)C(=O)OC(CCC1CCC(CN)CC1)[N+](=O)[O-].Cl. The van der Waals surface area contributed by atoms with Gasteiger partial charge in [-0.25, -0.2) is 4.79 Å². The van der Waals surface area contributed by atoms with Crippen LogP contribution in [0.15, 0.2) is 12.2 Å². The number of rotatable bonds is 7. The molecule has 122 valence electrons. The zero-order valence-electron chi connectivity index (χ0n) is 12.5. The average Bonchev–Trinajstić information content (AvgIpc) is 2.43. The fraction of sp³-hybridized carbons (Fsp3) is 0.786. The number of halogens is 1. The van der Waals surface area contributed by atoms with Gasteiger partial charge in [-0.1, -0.05) is 19.4 Å². The first kappa shape index (κ1) is 19.9. The minimum absolute atomic E-state index is 0. The molecule has 0 bridgehead atoms. The van der Waals surface area contributed by atoms with Gasteiger partial charge in [-0.3, -0.25) is 10.1 Å². The molecule has 0 heterocycles. The Kier molecular flexibility index (Phi) is 9.21. The summed E-state index contributed by atoms with van der Waals surface area (Å²) in [7, 11) is 0. The van der Waals surface area contributed by atoms with Crippen LogP contribution in [-0.2, 0) is 9.53 Å². The highest BCUT2D eigenvalue weighted by Gasteiger charge is 2.28. The van der Waals surface area contributed by atoms with Crippen LogP contribution >= 0.6 is 12.4 Å². The van der Waals surface area contributed by atoms with Crippen LogP contribution in [0, 0.1) is 22.0 Å². The van der Waals surface area contributed by atoms with Crippen LogP contribution in [0.5, 0.6) is 0 Å². The van der Waals surface area contributed by atoms with Crippen molar-refractivity contribution in [2.75, 3.05) is 6.54 Å². The summed E-state index contributed by atoms with van der Waals surface area (Å²) in [6.07, 6.45) is 4.02. The lowest BCUT2D eigenvalue weighted by molar-refractivity contribution is -0.569. The molecular formula is C14H25ClN2O4. The summed E-state index contributed by atoms with van der Waals surface area (Å²) in [6.45, 7) is 5.63. The van der Waals surface area contributed by atoms with E-state index >= 15 is 0 Å². The smallest absolute Gasteiger partial charge is 0.356 e. The fourth-order valence-corrected chi connectivity index (χ4v) is 2.57. The van der Waals surface area contributed by atoms with Crippen molar-refractivity contribution >= 4 is 18.4 Å². The standard InChI is InChI=1S/C14H24N2O4.ClH/c1-10(2)14(17)20-13(16(18)19)8-7-11-3-5-12(9-15)6-4-11;/h11-13H,1,3-9,15H2,2H3;1H. The van der Waals surface area contributed by atoms with Crippen LogP contribution in [0.1, 0.15) is 45.4 Å². The van der Waals surface area contributed by atoms with Gasteiger partial charge in [0.1, 0.15) is 0 Å². The van der Waals surface area contributed by atoms with Crippen molar-refractivity contribution in [1.82, 2.24) is 0 Å². The molecule has 0 spiro atoms. The summed E-state index contributed by atoms with van der Waals surface area (Å²) in [6, 6.07) is 0. The summed E-state index contributed by atoms with van der Waals surface area (Å²) in [4.78, 5) is 21.7. The van der Waals surface area contributed by atoms with E-state index in [0.29, 0.717) is 18.3 Å². The molecule has 6 nitrogen and oxygen atoms in total. The molecular weight excluding hydrogens is 296 g/mol. The van der Waals surface area contributed by atoms with Gasteiger partial charge in [0.2, 0.25) is 0 Å². The summed E-state index contributed by atoms with van der Waals surface area (Å²) >= 11 is 0. The maximum atomic E-state index is 11.4. The van der Waals surface area contributed by atoms with Crippen molar-refractivity contribution in [2.45, 2.75) is 51.7 Å². The zero-order chi connectivity index (χ0) is 15.1. The van der Waals surface area contributed by atoms with Crippen LogP contribution in [-0.4, -0.2) is 23.7 Å². The van der Waals surface area contributed by atoms with E-state index in [9.17, 15) is 14.9 Å². The quantitative estimate of drug-likeness (QED) is 0.256. The van der Waals surface area contributed by atoms with Gasteiger partial charge in [-0.15, -0.1) is 12.4 Å². The van der Waals surface area contributed by atoms with Gasteiger partial charge in [0.15, 0.2) is 0 Å². The maximum absolute atomic E-state index is 11.4. The van der Waals surface area contributed by atoms with Crippen LogP contribution in [0.2, 0.25) is 0 Å². The maximum Gasteiger partial charge on any atom is 0.356 e. The molecule has 21 heavy (non-hydrogen) atoms. The number of hydrogen-bond acceptors (Lipinski definition) is 5. The highest BCUT2D eigenvalue weighted by atomic mass is 35.5. The number of ether oxygens (including phenoxy) is 1. The first-order valence-electron chi connectivity index (χ1n) is 7.14. The van der Waals surface area contributed by atoms with Crippen LogP contribution in [0.4, 0.5) is 0 Å². The third-order valence-corrected chi connectivity index (χ3v) is 3.95. The van der Waals surface area contributed by atoms with Crippen molar-refractivity contribution in [2.24, 2.45) is 17.6 Å². The van der Waals surface area contributed by atoms with Crippen LogP contribution < -0.4 is 5.73 Å². The molecule has 1 saturated carbocycles. The largest absolute Gasteiger partial charge is 0.395 e. The number of hydrogen-bond donors (Lipinski definition) is 1. The Bertz CT molecular complexity index is 368. The summed E-state index contributed by atoms with van der Waals surface area (Å²) in [5.74, 6) is 0.376. The number of carbonyl (C=O) groups excluding carboxylic acids is 1. The predicted molar refractivity (Wildman–Crippen MR) is 82.7 cm³/mol. The second-order valence-electron chi connectivity index (χ2n) is 5.63. The normalized spacial score (nSPS) is 22.8. The van der Waals surface area contributed by atoms with Crippen LogP contribution in [0.3, 0.4) is 0 Å². The molecule has 1 rings (SSSR count). The van der Waals surface area contributed by atoms with Gasteiger partial charge < -0.3 is 10.5 Å². The fourth-order valence-electron chi connectivity index (χ4n) is 2.57. The Balaban J connectivity index is 0.00000400. The van der Waals surface area contributed by atoms with Crippen molar-refractivity contribution in [3.63, 3.8) is 0 Å². The van der Waals surface area contributed by atoms with Gasteiger partial charge in [0.25, 0.3) is 0 Å². The zero-order valence-corrected chi connectivity index (χ0v) is 13.3. The van der Waals surface area contributed by atoms with E-state index in [4.69, 9.17) is 10.5 Å². The second-order valence-corrected chi connectivity index (χ2v) is 5.63. The topological polar surface area (TPSA) is 95.5 Å². The predicted octanol–water partition coefficient (Wildman–Crippen LogP) is 2.68. The molecule has 0 saturated heterocycles. The van der Waals surface area contributed by atoms with Crippen molar-refractivity contribution in [3.05, 3.63) is 22.3 Å². The van der Waals surface area contributed by atoms with Crippen LogP contribution in [0.25, 0.3) is 0 Å². The van der Waals surface area contributed by atoms with E-state index in [0.717, 1.165) is 32.2 Å². The third kappa shape index (κ3) is 6.91. The number of esters is 1. The highest BCUT2D eigenvalue weighted by Crippen LogP contribution is 2.31. The van der Waals surface area contributed by atoms with E-state index in [-0.39, 0.29) is 24.4 Å². The Morgan fingerprint density at radius 2 is 1.90 bits per heavy atom. The molecule has 0 aromatic carbocycles. The van der Waals surface area contributed by atoms with E-state index in [1.165, 1.54) is 6.92 Å². The van der Waals surface area contributed by atoms with E-state index in [1.54, 1.807) is 0 Å². The molecule has 0 aromatic rings. The minimum atomic E-state index is -1.26. The Hall–Kier alpha value is -1.14. The molecule has 1 unspecified atom stereocenters. The van der Waals surface area contributed by atoms with Crippen molar-refractivity contribution in [3.8, 4) is 0 Å². The molecule has 0 aliphatic heterocycles. The third-order valence-electron chi connectivity index (χ3n) is 3.95. The lowest BCUT2D eigenvalue weighted by Crippen LogP contribution is -2.28. The van der Waals surface area contributed by atoms with Gasteiger partial charge in [-0.2, -0.15) is 0 Å². The van der Waals surface area contributed by atoms with Gasteiger partial charge in [0.05, 0.1) is 11.3 Å². The monoisotopic (exact) mass is 320 g/mol. The lowest BCUT2D eigenvalue weighted by Gasteiger charge is -2.27. The van der Waals surface area contributed by atoms with Crippen molar-refractivity contribution in [1.29, 1.82) is 0 Å². The Morgan fingerprint density at radius 1 is 1.38 bits per heavy atom.